The third kappa shape index (κ3) is 3.22. The van der Waals surface area contributed by atoms with Gasteiger partial charge in [0.15, 0.2) is 0 Å². The van der Waals surface area contributed by atoms with Gasteiger partial charge in [0.25, 0.3) is 0 Å². The van der Waals surface area contributed by atoms with E-state index in [1.807, 2.05) is 13.0 Å². The van der Waals surface area contributed by atoms with Gasteiger partial charge in [0, 0.05) is 11.1 Å². The van der Waals surface area contributed by atoms with Gasteiger partial charge in [-0.15, -0.1) is 0 Å². The van der Waals surface area contributed by atoms with Gasteiger partial charge in [0.1, 0.15) is 11.5 Å². The Balaban J connectivity index is 2.44. The molecule has 1 heterocycles. The molecule has 0 fully saturated rings. The van der Waals surface area contributed by atoms with Crippen molar-refractivity contribution >= 4 is 6.08 Å². The molecular formula is C19H24O. The summed E-state index contributed by atoms with van der Waals surface area (Å²) in [5.74, 6) is 2.05. The van der Waals surface area contributed by atoms with Gasteiger partial charge in [0.2, 0.25) is 0 Å². The van der Waals surface area contributed by atoms with Crippen molar-refractivity contribution in [1.82, 2.24) is 0 Å². The fraction of sp³-hybridized carbons (Fsp3) is 0.368. The summed E-state index contributed by atoms with van der Waals surface area (Å²) in [5.41, 5.74) is 3.90. The molecule has 1 aromatic heterocycles. The number of furan rings is 1. The molecule has 0 N–H and O–H groups in total. The van der Waals surface area contributed by atoms with Crippen LogP contribution in [0.4, 0.5) is 0 Å². The summed E-state index contributed by atoms with van der Waals surface area (Å²) < 4.78 is 5.98. The molecule has 1 heteroatoms. The van der Waals surface area contributed by atoms with Crippen LogP contribution < -0.4 is 0 Å². The minimum atomic E-state index is 0.989. The second kappa shape index (κ2) is 7.14. The quantitative estimate of drug-likeness (QED) is 0.584. The van der Waals surface area contributed by atoms with E-state index in [9.17, 15) is 0 Å². The molecule has 0 bridgehead atoms. The first kappa shape index (κ1) is 14.6. The number of unbranched alkanes of at least 4 members (excludes halogenated alkanes) is 2. The van der Waals surface area contributed by atoms with E-state index in [2.05, 4.69) is 50.3 Å². The second-order valence-corrected chi connectivity index (χ2v) is 5.20. The Morgan fingerprint density at radius 3 is 2.50 bits per heavy atom. The third-order valence-corrected chi connectivity index (χ3v) is 3.65. The van der Waals surface area contributed by atoms with Gasteiger partial charge in [-0.05, 0) is 38.3 Å². The van der Waals surface area contributed by atoms with Crippen LogP contribution in [0.2, 0.25) is 0 Å². The molecule has 0 amide bonds. The zero-order chi connectivity index (χ0) is 14.4. The van der Waals surface area contributed by atoms with Crippen molar-refractivity contribution in [3.8, 4) is 11.1 Å². The fourth-order valence-corrected chi connectivity index (χ4v) is 2.65. The first-order valence-corrected chi connectivity index (χ1v) is 7.58. The highest BCUT2D eigenvalue weighted by atomic mass is 16.3. The summed E-state index contributed by atoms with van der Waals surface area (Å²) in [4.78, 5) is 0. The zero-order valence-corrected chi connectivity index (χ0v) is 12.8. The summed E-state index contributed by atoms with van der Waals surface area (Å²) in [7, 11) is 0. The lowest BCUT2D eigenvalue weighted by molar-refractivity contribution is 0.520. The van der Waals surface area contributed by atoms with E-state index in [4.69, 9.17) is 4.42 Å². The van der Waals surface area contributed by atoms with Gasteiger partial charge >= 0.3 is 0 Å². The lowest BCUT2D eigenvalue weighted by atomic mass is 9.96. The molecule has 106 valence electrons. The van der Waals surface area contributed by atoms with Crippen molar-refractivity contribution in [2.24, 2.45) is 0 Å². The molecule has 20 heavy (non-hydrogen) atoms. The Hall–Kier alpha value is -1.76. The third-order valence-electron chi connectivity index (χ3n) is 3.65. The molecule has 0 atom stereocenters. The maximum atomic E-state index is 5.98. The highest BCUT2D eigenvalue weighted by Gasteiger charge is 2.17. The Bertz CT molecular complexity index is 561. The lowest BCUT2D eigenvalue weighted by Gasteiger charge is -2.05. The molecule has 0 saturated carbocycles. The van der Waals surface area contributed by atoms with E-state index in [0.717, 1.165) is 17.9 Å². The molecule has 0 aliphatic heterocycles. The largest absolute Gasteiger partial charge is 0.461 e. The second-order valence-electron chi connectivity index (χ2n) is 5.20. The first-order valence-electron chi connectivity index (χ1n) is 7.58. The van der Waals surface area contributed by atoms with Crippen LogP contribution in [0.5, 0.6) is 0 Å². The molecule has 2 aromatic rings. The monoisotopic (exact) mass is 268 g/mol. The lowest BCUT2D eigenvalue weighted by Crippen LogP contribution is -1.90. The van der Waals surface area contributed by atoms with E-state index in [0.29, 0.717) is 0 Å². The van der Waals surface area contributed by atoms with Crippen molar-refractivity contribution in [1.29, 1.82) is 0 Å². The average Bonchev–Trinajstić information content (AvgIpc) is 2.77. The number of allylic oxidation sites excluding steroid dienone is 1. The number of rotatable bonds is 6. The molecule has 1 nitrogen and oxygen atoms in total. The Morgan fingerprint density at radius 1 is 1.10 bits per heavy atom. The highest BCUT2D eigenvalue weighted by Crippen LogP contribution is 2.34. The normalized spacial score (nSPS) is 11.3. The Kier molecular flexibility index (Phi) is 5.23. The van der Waals surface area contributed by atoms with Crippen molar-refractivity contribution < 1.29 is 4.42 Å². The van der Waals surface area contributed by atoms with Gasteiger partial charge in [0.05, 0.1) is 0 Å². The first-order chi connectivity index (χ1) is 9.77. The molecule has 0 saturated heterocycles. The van der Waals surface area contributed by atoms with Crippen molar-refractivity contribution in [2.45, 2.75) is 46.5 Å². The minimum Gasteiger partial charge on any atom is -0.461 e. The van der Waals surface area contributed by atoms with Crippen molar-refractivity contribution in [3.63, 3.8) is 0 Å². The molecule has 0 spiro atoms. The summed E-state index contributed by atoms with van der Waals surface area (Å²) in [6.45, 7) is 6.36. The smallest absolute Gasteiger partial charge is 0.134 e. The molecule has 0 unspecified atom stereocenters. The number of hydrogen-bond acceptors (Lipinski definition) is 1. The van der Waals surface area contributed by atoms with Gasteiger partial charge in [-0.25, -0.2) is 0 Å². The summed E-state index contributed by atoms with van der Waals surface area (Å²) >= 11 is 0. The van der Waals surface area contributed by atoms with E-state index >= 15 is 0 Å². The van der Waals surface area contributed by atoms with Crippen molar-refractivity contribution in [3.05, 3.63) is 53.5 Å². The molecule has 0 aliphatic carbocycles. The van der Waals surface area contributed by atoms with Crippen LogP contribution in [0.1, 0.15) is 50.2 Å². The molecule has 2 rings (SSSR count). The van der Waals surface area contributed by atoms with E-state index in [1.54, 1.807) is 0 Å². The predicted molar refractivity (Wildman–Crippen MR) is 86.8 cm³/mol. The van der Waals surface area contributed by atoms with Gasteiger partial charge < -0.3 is 4.42 Å². The standard InChI is InChI=1S/C19H24O/c1-4-6-8-14-17-15(3)20-18(11-5-2)19(17)16-12-9-7-10-13-16/h5,7,9-13H,4,6,8,14H2,1-3H3/b11-5-. The van der Waals surface area contributed by atoms with Gasteiger partial charge in [-0.3, -0.25) is 0 Å². The van der Waals surface area contributed by atoms with Crippen LogP contribution in [0.25, 0.3) is 17.2 Å². The summed E-state index contributed by atoms with van der Waals surface area (Å²) in [6, 6.07) is 10.6. The van der Waals surface area contributed by atoms with Crippen LogP contribution in [0, 0.1) is 6.92 Å². The van der Waals surface area contributed by atoms with Gasteiger partial charge in [-0.2, -0.15) is 0 Å². The number of aryl methyl sites for hydroxylation is 1. The highest BCUT2D eigenvalue weighted by molar-refractivity contribution is 5.76. The van der Waals surface area contributed by atoms with Crippen LogP contribution in [-0.2, 0) is 6.42 Å². The van der Waals surface area contributed by atoms with E-state index in [-0.39, 0.29) is 0 Å². The Morgan fingerprint density at radius 2 is 1.85 bits per heavy atom. The number of hydrogen-bond donors (Lipinski definition) is 0. The average molecular weight is 268 g/mol. The van der Waals surface area contributed by atoms with Crippen molar-refractivity contribution in [2.75, 3.05) is 0 Å². The van der Waals surface area contributed by atoms with E-state index < -0.39 is 0 Å². The van der Waals surface area contributed by atoms with Crippen LogP contribution in [0.15, 0.2) is 40.8 Å². The minimum absolute atomic E-state index is 0.989. The van der Waals surface area contributed by atoms with Crippen LogP contribution in [0.3, 0.4) is 0 Å². The molecule has 0 aliphatic rings. The number of benzene rings is 1. The van der Waals surface area contributed by atoms with Crippen LogP contribution >= 0.6 is 0 Å². The maximum absolute atomic E-state index is 5.98. The predicted octanol–water partition coefficient (Wildman–Crippen LogP) is 6.02. The SMILES string of the molecule is C/C=C\c1oc(C)c(CCCCC)c1-c1ccccc1. The van der Waals surface area contributed by atoms with Gasteiger partial charge in [-0.1, -0.05) is 56.2 Å². The van der Waals surface area contributed by atoms with Crippen LogP contribution in [-0.4, -0.2) is 0 Å². The fourth-order valence-electron chi connectivity index (χ4n) is 2.65. The summed E-state index contributed by atoms with van der Waals surface area (Å²) in [5, 5.41) is 0. The summed E-state index contributed by atoms with van der Waals surface area (Å²) in [6.07, 6.45) is 8.97. The molecule has 0 radical (unpaired) electrons. The molecule has 1 aromatic carbocycles. The topological polar surface area (TPSA) is 13.1 Å². The maximum Gasteiger partial charge on any atom is 0.134 e. The Labute approximate surface area is 122 Å². The zero-order valence-electron chi connectivity index (χ0n) is 12.8. The molecular weight excluding hydrogens is 244 g/mol. The van der Waals surface area contributed by atoms with E-state index in [1.165, 1.54) is 36.0 Å².